The van der Waals surface area contributed by atoms with Gasteiger partial charge in [-0.25, -0.2) is 4.79 Å². The second-order valence-electron chi connectivity index (χ2n) is 4.77. The first-order valence-electron chi connectivity index (χ1n) is 7.04. The van der Waals surface area contributed by atoms with E-state index in [2.05, 4.69) is 17.1 Å². The average Bonchev–Trinajstić information content (AvgIpc) is 2.48. The normalized spacial score (nSPS) is 14.6. The molecule has 2 rings (SSSR count). The standard InChI is InChI=1S/C15H22N2O2.ClH/c1-2-3-12-19-15(18)13-4-6-14(7-5-13)17-10-8-16-9-11-17;/h4-7,16H,2-3,8-12H2,1H3;1H. The number of esters is 1. The molecular weight excluding hydrogens is 276 g/mol. The molecule has 0 spiro atoms. The van der Waals surface area contributed by atoms with Gasteiger partial charge in [-0.15, -0.1) is 12.4 Å². The number of ether oxygens (including phenoxy) is 1. The van der Waals surface area contributed by atoms with Crippen molar-refractivity contribution in [3.8, 4) is 0 Å². The molecule has 0 aliphatic carbocycles. The van der Waals surface area contributed by atoms with Gasteiger partial charge in [0.2, 0.25) is 0 Å². The Bertz CT molecular complexity index is 403. The molecular formula is C15H23ClN2O2. The smallest absolute Gasteiger partial charge is 0.338 e. The Morgan fingerprint density at radius 2 is 1.90 bits per heavy atom. The molecule has 0 amide bonds. The van der Waals surface area contributed by atoms with Crippen LogP contribution in [0.5, 0.6) is 0 Å². The number of hydrogen-bond acceptors (Lipinski definition) is 4. The van der Waals surface area contributed by atoms with Gasteiger partial charge in [0.15, 0.2) is 0 Å². The lowest BCUT2D eigenvalue weighted by molar-refractivity contribution is 0.0500. The van der Waals surface area contributed by atoms with Gasteiger partial charge >= 0.3 is 5.97 Å². The van der Waals surface area contributed by atoms with E-state index in [-0.39, 0.29) is 18.4 Å². The van der Waals surface area contributed by atoms with Gasteiger partial charge in [-0.2, -0.15) is 0 Å². The Labute approximate surface area is 126 Å². The molecule has 0 aromatic heterocycles. The summed E-state index contributed by atoms with van der Waals surface area (Å²) < 4.78 is 5.19. The molecule has 112 valence electrons. The maximum atomic E-state index is 11.8. The first-order chi connectivity index (χ1) is 9.31. The van der Waals surface area contributed by atoms with Crippen LogP contribution in [0.25, 0.3) is 0 Å². The van der Waals surface area contributed by atoms with E-state index in [0.29, 0.717) is 12.2 Å². The molecule has 0 saturated carbocycles. The highest BCUT2D eigenvalue weighted by Crippen LogP contribution is 2.16. The highest BCUT2D eigenvalue weighted by Gasteiger charge is 2.11. The third kappa shape index (κ3) is 4.69. The molecule has 0 unspecified atom stereocenters. The zero-order valence-electron chi connectivity index (χ0n) is 11.9. The number of nitrogens with zero attached hydrogens (tertiary/aromatic N) is 1. The Kier molecular flexibility index (Phi) is 7.41. The number of carbonyl (C=O) groups is 1. The van der Waals surface area contributed by atoms with Crippen LogP contribution in [0.1, 0.15) is 30.1 Å². The van der Waals surface area contributed by atoms with E-state index in [9.17, 15) is 4.79 Å². The zero-order chi connectivity index (χ0) is 13.5. The molecule has 4 nitrogen and oxygen atoms in total. The fourth-order valence-corrected chi connectivity index (χ4v) is 2.12. The second-order valence-corrected chi connectivity index (χ2v) is 4.77. The first-order valence-corrected chi connectivity index (χ1v) is 7.04. The quantitative estimate of drug-likeness (QED) is 0.670. The molecule has 1 aromatic rings. The van der Waals surface area contributed by atoms with Gasteiger partial charge in [0.25, 0.3) is 0 Å². The molecule has 1 saturated heterocycles. The average molecular weight is 299 g/mol. The highest BCUT2D eigenvalue weighted by atomic mass is 35.5. The van der Waals surface area contributed by atoms with E-state index in [4.69, 9.17) is 4.74 Å². The third-order valence-corrected chi connectivity index (χ3v) is 3.32. The van der Waals surface area contributed by atoms with Crippen molar-refractivity contribution in [3.05, 3.63) is 29.8 Å². The summed E-state index contributed by atoms with van der Waals surface area (Å²) in [5, 5.41) is 3.33. The van der Waals surface area contributed by atoms with Gasteiger partial charge in [0.05, 0.1) is 12.2 Å². The lowest BCUT2D eigenvalue weighted by Gasteiger charge is -2.29. The highest BCUT2D eigenvalue weighted by molar-refractivity contribution is 5.89. The van der Waals surface area contributed by atoms with Crippen molar-refractivity contribution < 1.29 is 9.53 Å². The van der Waals surface area contributed by atoms with Crippen LogP contribution in [0.4, 0.5) is 5.69 Å². The van der Waals surface area contributed by atoms with Crippen molar-refractivity contribution >= 4 is 24.1 Å². The lowest BCUT2D eigenvalue weighted by atomic mass is 10.2. The number of rotatable bonds is 5. The maximum Gasteiger partial charge on any atom is 0.338 e. The van der Waals surface area contributed by atoms with E-state index in [1.807, 2.05) is 24.3 Å². The van der Waals surface area contributed by atoms with Crippen molar-refractivity contribution in [2.75, 3.05) is 37.7 Å². The van der Waals surface area contributed by atoms with Crippen LogP contribution in [0.3, 0.4) is 0 Å². The predicted molar refractivity (Wildman–Crippen MR) is 84.0 cm³/mol. The molecule has 0 bridgehead atoms. The summed E-state index contributed by atoms with van der Waals surface area (Å²) in [6.07, 6.45) is 1.96. The minimum atomic E-state index is -0.222. The molecule has 5 heteroatoms. The van der Waals surface area contributed by atoms with Gasteiger partial charge in [0, 0.05) is 31.9 Å². The first kappa shape index (κ1) is 16.8. The fraction of sp³-hybridized carbons (Fsp3) is 0.533. The number of halogens is 1. The Hall–Kier alpha value is -1.26. The number of benzene rings is 1. The number of carbonyl (C=O) groups excluding carboxylic acids is 1. The van der Waals surface area contributed by atoms with E-state index in [1.54, 1.807) is 0 Å². The maximum absolute atomic E-state index is 11.8. The summed E-state index contributed by atoms with van der Waals surface area (Å²) >= 11 is 0. The third-order valence-electron chi connectivity index (χ3n) is 3.32. The lowest BCUT2D eigenvalue weighted by Crippen LogP contribution is -2.43. The topological polar surface area (TPSA) is 41.6 Å². The molecule has 1 heterocycles. The van der Waals surface area contributed by atoms with E-state index >= 15 is 0 Å². The number of piperazine rings is 1. The molecule has 0 atom stereocenters. The van der Waals surface area contributed by atoms with Crippen LogP contribution in [-0.4, -0.2) is 38.8 Å². The molecule has 1 fully saturated rings. The van der Waals surface area contributed by atoms with E-state index in [0.717, 1.165) is 39.0 Å². The van der Waals surface area contributed by atoms with Gasteiger partial charge in [-0.3, -0.25) is 0 Å². The fourth-order valence-electron chi connectivity index (χ4n) is 2.12. The van der Waals surface area contributed by atoms with Gasteiger partial charge < -0.3 is 15.0 Å². The van der Waals surface area contributed by atoms with Crippen molar-refractivity contribution in [2.45, 2.75) is 19.8 Å². The van der Waals surface area contributed by atoms with Crippen LogP contribution in [-0.2, 0) is 4.74 Å². The summed E-state index contributed by atoms with van der Waals surface area (Å²) in [5.41, 5.74) is 1.81. The zero-order valence-corrected chi connectivity index (χ0v) is 12.7. The van der Waals surface area contributed by atoms with Gasteiger partial charge in [-0.1, -0.05) is 13.3 Å². The Morgan fingerprint density at radius 1 is 1.25 bits per heavy atom. The van der Waals surface area contributed by atoms with Gasteiger partial charge in [0.1, 0.15) is 0 Å². The SMILES string of the molecule is CCCCOC(=O)c1ccc(N2CCNCC2)cc1.Cl. The van der Waals surface area contributed by atoms with Crippen LogP contribution in [0, 0.1) is 0 Å². The summed E-state index contributed by atoms with van der Waals surface area (Å²) in [7, 11) is 0. The Balaban J connectivity index is 0.00000200. The molecule has 1 N–H and O–H groups in total. The summed E-state index contributed by atoms with van der Waals surface area (Å²) in [5.74, 6) is -0.222. The van der Waals surface area contributed by atoms with Crippen LogP contribution in [0.15, 0.2) is 24.3 Å². The molecule has 1 aromatic carbocycles. The summed E-state index contributed by atoms with van der Waals surface area (Å²) in [4.78, 5) is 14.1. The largest absolute Gasteiger partial charge is 0.462 e. The number of nitrogens with one attached hydrogen (secondary N) is 1. The monoisotopic (exact) mass is 298 g/mol. The van der Waals surface area contributed by atoms with Crippen LogP contribution in [0.2, 0.25) is 0 Å². The number of unbranched alkanes of at least 4 members (excludes halogenated alkanes) is 1. The molecule has 20 heavy (non-hydrogen) atoms. The van der Waals surface area contributed by atoms with E-state index in [1.165, 1.54) is 5.69 Å². The van der Waals surface area contributed by atoms with Crippen molar-refractivity contribution in [2.24, 2.45) is 0 Å². The predicted octanol–water partition coefficient (Wildman–Crippen LogP) is 2.47. The van der Waals surface area contributed by atoms with E-state index < -0.39 is 0 Å². The van der Waals surface area contributed by atoms with Crippen molar-refractivity contribution in [1.82, 2.24) is 5.32 Å². The number of hydrogen-bond donors (Lipinski definition) is 1. The Morgan fingerprint density at radius 3 is 2.50 bits per heavy atom. The molecule has 0 radical (unpaired) electrons. The second kappa shape index (κ2) is 8.82. The van der Waals surface area contributed by atoms with Crippen molar-refractivity contribution in [1.29, 1.82) is 0 Å². The van der Waals surface area contributed by atoms with Gasteiger partial charge in [-0.05, 0) is 30.7 Å². The summed E-state index contributed by atoms with van der Waals surface area (Å²) in [6.45, 7) is 6.65. The number of anilines is 1. The molecule has 1 aliphatic rings. The minimum Gasteiger partial charge on any atom is -0.462 e. The molecule has 1 aliphatic heterocycles. The van der Waals surface area contributed by atoms with Crippen LogP contribution < -0.4 is 10.2 Å². The summed E-state index contributed by atoms with van der Waals surface area (Å²) in [6, 6.07) is 7.71. The minimum absolute atomic E-state index is 0. The van der Waals surface area contributed by atoms with Crippen LogP contribution >= 0.6 is 12.4 Å². The van der Waals surface area contributed by atoms with Crippen molar-refractivity contribution in [3.63, 3.8) is 0 Å².